The van der Waals surface area contributed by atoms with E-state index in [4.69, 9.17) is 0 Å². The zero-order valence-corrected chi connectivity index (χ0v) is 11.8. The van der Waals surface area contributed by atoms with Crippen molar-refractivity contribution in [1.29, 1.82) is 0 Å². The number of halogens is 2. The molecule has 0 aliphatic heterocycles. The molecule has 0 saturated carbocycles. The third kappa shape index (κ3) is 3.54. The number of urea groups is 1. The van der Waals surface area contributed by atoms with E-state index in [2.05, 4.69) is 26.6 Å². The first kappa shape index (κ1) is 13.5. The van der Waals surface area contributed by atoms with Gasteiger partial charge in [-0.25, -0.2) is 9.18 Å². The van der Waals surface area contributed by atoms with Crippen molar-refractivity contribution >= 4 is 33.3 Å². The first-order valence-electron chi connectivity index (χ1n) is 5.65. The molecule has 2 aromatic carbocycles. The topological polar surface area (TPSA) is 41.1 Å². The molecular weight excluding hydrogens is 311 g/mol. The quantitative estimate of drug-likeness (QED) is 0.837. The largest absolute Gasteiger partial charge is 0.323 e. The number of benzene rings is 2. The van der Waals surface area contributed by atoms with Gasteiger partial charge in [-0.1, -0.05) is 22.0 Å². The standard InChI is InChI=1S/C14H12BrFN2O/c1-9-12(15)3-2-4-13(9)18-14(19)17-11-7-5-10(16)6-8-11/h2-8H,1H3,(H2,17,18,19). The Morgan fingerprint density at radius 2 is 1.79 bits per heavy atom. The van der Waals surface area contributed by atoms with Crippen LogP contribution < -0.4 is 10.6 Å². The van der Waals surface area contributed by atoms with Gasteiger partial charge >= 0.3 is 6.03 Å². The molecule has 0 heterocycles. The fourth-order valence-corrected chi connectivity index (χ4v) is 1.93. The average molecular weight is 323 g/mol. The molecule has 0 aliphatic rings. The van der Waals surface area contributed by atoms with Crippen LogP contribution in [-0.4, -0.2) is 6.03 Å². The van der Waals surface area contributed by atoms with Crippen LogP contribution in [0.4, 0.5) is 20.6 Å². The Kier molecular flexibility index (Phi) is 4.16. The van der Waals surface area contributed by atoms with Gasteiger partial charge in [0.1, 0.15) is 5.82 Å². The first-order chi connectivity index (χ1) is 9.06. The molecule has 0 aromatic heterocycles. The van der Waals surface area contributed by atoms with E-state index in [1.807, 2.05) is 25.1 Å². The molecule has 0 bridgehead atoms. The fraction of sp³-hybridized carbons (Fsp3) is 0.0714. The summed E-state index contributed by atoms with van der Waals surface area (Å²) in [6.45, 7) is 1.90. The van der Waals surface area contributed by atoms with Gasteiger partial charge < -0.3 is 10.6 Å². The number of rotatable bonds is 2. The second kappa shape index (κ2) is 5.84. The predicted octanol–water partition coefficient (Wildman–Crippen LogP) is 4.54. The van der Waals surface area contributed by atoms with Gasteiger partial charge in [0.15, 0.2) is 0 Å². The summed E-state index contributed by atoms with van der Waals surface area (Å²) in [7, 11) is 0. The number of anilines is 2. The molecule has 0 fully saturated rings. The van der Waals surface area contributed by atoms with Crippen molar-refractivity contribution in [2.45, 2.75) is 6.92 Å². The highest BCUT2D eigenvalue weighted by Crippen LogP contribution is 2.23. The Morgan fingerprint density at radius 1 is 1.11 bits per heavy atom. The summed E-state index contributed by atoms with van der Waals surface area (Å²) in [6.07, 6.45) is 0. The van der Waals surface area contributed by atoms with Gasteiger partial charge in [-0.2, -0.15) is 0 Å². The number of carbonyl (C=O) groups is 1. The minimum atomic E-state index is -0.368. The molecule has 98 valence electrons. The highest BCUT2D eigenvalue weighted by Gasteiger charge is 2.06. The van der Waals surface area contributed by atoms with Crippen molar-refractivity contribution in [3.05, 3.63) is 58.3 Å². The Hall–Kier alpha value is -1.88. The van der Waals surface area contributed by atoms with Crippen molar-refractivity contribution in [2.75, 3.05) is 10.6 Å². The minimum absolute atomic E-state index is 0.339. The molecule has 3 nitrogen and oxygen atoms in total. The highest BCUT2D eigenvalue weighted by molar-refractivity contribution is 9.10. The molecule has 0 unspecified atom stereocenters. The molecule has 5 heteroatoms. The summed E-state index contributed by atoms with van der Waals surface area (Å²) in [4.78, 5) is 11.8. The van der Waals surface area contributed by atoms with Crippen LogP contribution in [0.2, 0.25) is 0 Å². The normalized spacial score (nSPS) is 10.1. The van der Waals surface area contributed by atoms with Crippen molar-refractivity contribution in [3.8, 4) is 0 Å². The molecule has 0 atom stereocenters. The number of nitrogens with one attached hydrogen (secondary N) is 2. The number of carbonyl (C=O) groups excluding carboxylic acids is 1. The molecule has 2 rings (SSSR count). The molecular formula is C14H12BrFN2O. The first-order valence-corrected chi connectivity index (χ1v) is 6.44. The van der Waals surface area contributed by atoms with Crippen molar-refractivity contribution in [2.24, 2.45) is 0 Å². The SMILES string of the molecule is Cc1c(Br)cccc1NC(=O)Nc1ccc(F)cc1. The van der Waals surface area contributed by atoms with Gasteiger partial charge in [0, 0.05) is 15.8 Å². The molecule has 0 spiro atoms. The Balaban J connectivity index is 2.05. The van der Waals surface area contributed by atoms with E-state index in [0.717, 1.165) is 10.0 Å². The fourth-order valence-electron chi connectivity index (χ4n) is 1.56. The zero-order chi connectivity index (χ0) is 13.8. The number of hydrogen-bond donors (Lipinski definition) is 2. The van der Waals surface area contributed by atoms with Crippen LogP contribution in [0.25, 0.3) is 0 Å². The Morgan fingerprint density at radius 3 is 2.47 bits per heavy atom. The maximum Gasteiger partial charge on any atom is 0.323 e. The molecule has 2 N–H and O–H groups in total. The van der Waals surface area contributed by atoms with Crippen molar-refractivity contribution in [3.63, 3.8) is 0 Å². The zero-order valence-electron chi connectivity index (χ0n) is 10.2. The lowest BCUT2D eigenvalue weighted by atomic mass is 10.2. The molecule has 2 amide bonds. The van der Waals surface area contributed by atoms with Crippen LogP contribution in [0.3, 0.4) is 0 Å². The van der Waals surface area contributed by atoms with Gasteiger partial charge in [-0.05, 0) is 48.9 Å². The predicted molar refractivity (Wildman–Crippen MR) is 77.9 cm³/mol. The van der Waals surface area contributed by atoms with Gasteiger partial charge in [0.05, 0.1) is 0 Å². The maximum absolute atomic E-state index is 12.7. The number of amides is 2. The maximum atomic E-state index is 12.7. The Labute approximate surface area is 119 Å². The smallest absolute Gasteiger partial charge is 0.308 e. The highest BCUT2D eigenvalue weighted by atomic mass is 79.9. The number of hydrogen-bond acceptors (Lipinski definition) is 1. The minimum Gasteiger partial charge on any atom is -0.308 e. The van der Waals surface area contributed by atoms with Crippen LogP contribution in [0.5, 0.6) is 0 Å². The molecule has 19 heavy (non-hydrogen) atoms. The van der Waals surface area contributed by atoms with Crippen LogP contribution in [0.1, 0.15) is 5.56 Å². The average Bonchev–Trinajstić information content (AvgIpc) is 2.38. The van der Waals surface area contributed by atoms with Gasteiger partial charge in [0.2, 0.25) is 0 Å². The Bertz CT molecular complexity index is 599. The molecule has 0 saturated heterocycles. The lowest BCUT2D eigenvalue weighted by molar-refractivity contribution is 0.262. The van der Waals surface area contributed by atoms with Crippen LogP contribution in [0, 0.1) is 12.7 Å². The van der Waals surface area contributed by atoms with Gasteiger partial charge in [-0.15, -0.1) is 0 Å². The van der Waals surface area contributed by atoms with E-state index in [1.165, 1.54) is 24.3 Å². The summed E-state index contributed by atoms with van der Waals surface area (Å²) in [5.41, 5.74) is 2.19. The molecule has 0 radical (unpaired) electrons. The van der Waals surface area contributed by atoms with Gasteiger partial charge in [0.25, 0.3) is 0 Å². The summed E-state index contributed by atoms with van der Waals surface area (Å²) in [5.74, 6) is -0.339. The van der Waals surface area contributed by atoms with E-state index in [-0.39, 0.29) is 11.8 Å². The molecule has 0 aliphatic carbocycles. The van der Waals surface area contributed by atoms with E-state index in [1.54, 1.807) is 0 Å². The third-order valence-corrected chi connectivity index (χ3v) is 3.48. The summed E-state index contributed by atoms with van der Waals surface area (Å²) in [6, 6.07) is 10.8. The van der Waals surface area contributed by atoms with Crippen molar-refractivity contribution in [1.82, 2.24) is 0 Å². The van der Waals surface area contributed by atoms with Crippen LogP contribution >= 0.6 is 15.9 Å². The van der Waals surface area contributed by atoms with E-state index in [9.17, 15) is 9.18 Å². The summed E-state index contributed by atoms with van der Waals surface area (Å²) in [5, 5.41) is 5.37. The van der Waals surface area contributed by atoms with E-state index in [0.29, 0.717) is 11.4 Å². The lowest BCUT2D eigenvalue weighted by Crippen LogP contribution is -2.19. The second-order valence-corrected chi connectivity index (χ2v) is 4.85. The van der Waals surface area contributed by atoms with E-state index >= 15 is 0 Å². The van der Waals surface area contributed by atoms with Crippen LogP contribution in [-0.2, 0) is 0 Å². The second-order valence-electron chi connectivity index (χ2n) is 4.00. The molecule has 2 aromatic rings. The lowest BCUT2D eigenvalue weighted by Gasteiger charge is -2.10. The summed E-state index contributed by atoms with van der Waals surface area (Å²) < 4.78 is 13.7. The van der Waals surface area contributed by atoms with E-state index < -0.39 is 0 Å². The monoisotopic (exact) mass is 322 g/mol. The van der Waals surface area contributed by atoms with Crippen molar-refractivity contribution < 1.29 is 9.18 Å². The van der Waals surface area contributed by atoms with Gasteiger partial charge in [-0.3, -0.25) is 0 Å². The third-order valence-electron chi connectivity index (χ3n) is 2.62. The van der Waals surface area contributed by atoms with Crippen LogP contribution in [0.15, 0.2) is 46.9 Å². The summed E-state index contributed by atoms with van der Waals surface area (Å²) >= 11 is 3.40.